The van der Waals surface area contributed by atoms with E-state index in [9.17, 15) is 13.2 Å². The van der Waals surface area contributed by atoms with E-state index in [-0.39, 0.29) is 40.5 Å². The molecular weight excluding hydrogens is 518 g/mol. The van der Waals surface area contributed by atoms with Crippen molar-refractivity contribution in [2.24, 2.45) is 5.92 Å². The third-order valence-corrected chi connectivity index (χ3v) is 8.78. The zero-order valence-corrected chi connectivity index (χ0v) is 23.4. The Hall–Kier alpha value is -3.87. The van der Waals surface area contributed by atoms with E-state index >= 15 is 0 Å². The zero-order chi connectivity index (χ0) is 27.9. The van der Waals surface area contributed by atoms with Gasteiger partial charge >= 0.3 is 0 Å². The number of hydrogen-bond acceptors (Lipinski definition) is 11. The van der Waals surface area contributed by atoms with Crippen molar-refractivity contribution in [3.63, 3.8) is 0 Å². The molecule has 4 aromatic rings. The van der Waals surface area contributed by atoms with Gasteiger partial charge in [-0.2, -0.15) is 0 Å². The Morgan fingerprint density at radius 3 is 2.38 bits per heavy atom. The molecule has 1 aliphatic rings. The van der Waals surface area contributed by atoms with Gasteiger partial charge in [-0.25, -0.2) is 43.3 Å². The number of aryl methyl sites for hydroxylation is 1. The molecular formula is C26H31N9O3S. The van der Waals surface area contributed by atoms with E-state index in [2.05, 4.69) is 35.2 Å². The standard InChI is InChI=1S/C26H31N9O3S/c1-6-39(37,38)18-9-27-20(28-10-18)12-30-24-26(36)35(16(5)14(2)3)25-19(33-24)11-29-23(34-25)21-15(4)31-13-32-22(21)17-7-8-17/h9-11,13-14,16-17H,6-8,12H2,1-5H3,(H,30,33). The predicted octanol–water partition coefficient (Wildman–Crippen LogP) is 3.24. The molecule has 1 atom stereocenters. The fraction of sp³-hybridized carbons (Fsp3) is 0.462. The summed E-state index contributed by atoms with van der Waals surface area (Å²) in [5.41, 5.74) is 3.11. The summed E-state index contributed by atoms with van der Waals surface area (Å²) >= 11 is 0. The summed E-state index contributed by atoms with van der Waals surface area (Å²) in [6, 6.07) is -0.183. The van der Waals surface area contributed by atoms with Gasteiger partial charge in [0.1, 0.15) is 22.6 Å². The average Bonchev–Trinajstić information content (AvgIpc) is 3.77. The van der Waals surface area contributed by atoms with Gasteiger partial charge in [0.2, 0.25) is 0 Å². The van der Waals surface area contributed by atoms with Crippen molar-refractivity contribution in [1.29, 1.82) is 0 Å². The van der Waals surface area contributed by atoms with Crippen LogP contribution in [0.5, 0.6) is 0 Å². The van der Waals surface area contributed by atoms with Crippen molar-refractivity contribution in [2.45, 2.75) is 70.9 Å². The van der Waals surface area contributed by atoms with Crippen molar-refractivity contribution in [1.82, 2.24) is 39.5 Å². The maximum absolute atomic E-state index is 13.7. The molecule has 0 spiro atoms. The normalized spacial score (nSPS) is 14.6. The van der Waals surface area contributed by atoms with Crippen molar-refractivity contribution in [3.05, 3.63) is 52.5 Å². The Labute approximate surface area is 226 Å². The fourth-order valence-electron chi connectivity index (χ4n) is 4.27. The minimum atomic E-state index is -3.40. The number of anilines is 1. The largest absolute Gasteiger partial charge is 0.358 e. The fourth-order valence-corrected chi connectivity index (χ4v) is 5.03. The quantitative estimate of drug-likeness (QED) is 0.326. The van der Waals surface area contributed by atoms with Crippen molar-refractivity contribution >= 4 is 26.8 Å². The lowest BCUT2D eigenvalue weighted by atomic mass is 10.1. The van der Waals surface area contributed by atoms with Crippen molar-refractivity contribution in [2.75, 3.05) is 11.1 Å². The first-order chi connectivity index (χ1) is 18.6. The molecule has 39 heavy (non-hydrogen) atoms. The first-order valence-electron chi connectivity index (χ1n) is 13.0. The first kappa shape index (κ1) is 26.7. The Bertz CT molecular complexity index is 1700. The number of rotatable bonds is 9. The molecule has 13 heteroatoms. The SMILES string of the molecule is CCS(=O)(=O)c1cnc(CNc2nc3cnc(-c4c(C)ncnc4C4CC4)nc3n(C(C)C(C)C)c2=O)nc1. The van der Waals surface area contributed by atoms with E-state index in [0.29, 0.717) is 28.7 Å². The van der Waals surface area contributed by atoms with Crippen LogP contribution in [0.15, 0.2) is 34.6 Å². The van der Waals surface area contributed by atoms with Crippen LogP contribution in [0, 0.1) is 12.8 Å². The monoisotopic (exact) mass is 549 g/mol. The number of nitrogens with zero attached hydrogens (tertiary/aromatic N) is 8. The average molecular weight is 550 g/mol. The Morgan fingerprint density at radius 2 is 1.74 bits per heavy atom. The maximum atomic E-state index is 13.7. The lowest BCUT2D eigenvalue weighted by molar-refractivity contribution is 0.406. The number of fused-ring (bicyclic) bond motifs is 1. The summed E-state index contributed by atoms with van der Waals surface area (Å²) in [5.74, 6) is 1.39. The second-order valence-corrected chi connectivity index (χ2v) is 12.4. The van der Waals surface area contributed by atoms with Crippen LogP contribution in [0.4, 0.5) is 5.82 Å². The third kappa shape index (κ3) is 5.22. The van der Waals surface area contributed by atoms with Crippen LogP contribution in [0.25, 0.3) is 22.6 Å². The molecule has 0 aromatic carbocycles. The highest BCUT2D eigenvalue weighted by atomic mass is 32.2. The van der Waals surface area contributed by atoms with Gasteiger partial charge in [-0.3, -0.25) is 9.36 Å². The number of sulfone groups is 1. The summed E-state index contributed by atoms with van der Waals surface area (Å²) < 4.78 is 25.7. The zero-order valence-electron chi connectivity index (χ0n) is 22.6. The molecule has 5 rings (SSSR count). The van der Waals surface area contributed by atoms with Gasteiger partial charge in [0.05, 0.1) is 35.4 Å². The van der Waals surface area contributed by atoms with Gasteiger partial charge in [0.25, 0.3) is 5.56 Å². The molecule has 1 unspecified atom stereocenters. The van der Waals surface area contributed by atoms with Crippen molar-refractivity contribution in [3.8, 4) is 11.4 Å². The van der Waals surface area contributed by atoms with Crippen LogP contribution < -0.4 is 10.9 Å². The maximum Gasteiger partial charge on any atom is 0.295 e. The predicted molar refractivity (Wildman–Crippen MR) is 146 cm³/mol. The second-order valence-electron chi connectivity index (χ2n) is 10.1. The second kappa shape index (κ2) is 10.4. The number of hydrogen-bond donors (Lipinski definition) is 1. The smallest absolute Gasteiger partial charge is 0.295 e. The Morgan fingerprint density at radius 1 is 1.03 bits per heavy atom. The van der Waals surface area contributed by atoms with E-state index in [0.717, 1.165) is 29.8 Å². The lowest BCUT2D eigenvalue weighted by Gasteiger charge is -2.21. The molecule has 1 saturated carbocycles. The highest BCUT2D eigenvalue weighted by molar-refractivity contribution is 7.91. The first-order valence-corrected chi connectivity index (χ1v) is 14.6. The summed E-state index contributed by atoms with van der Waals surface area (Å²) in [6.07, 6.45) is 7.89. The van der Waals surface area contributed by atoms with Crippen LogP contribution in [-0.2, 0) is 16.4 Å². The molecule has 1 N–H and O–H groups in total. The van der Waals surface area contributed by atoms with Gasteiger partial charge in [-0.1, -0.05) is 20.8 Å². The van der Waals surface area contributed by atoms with Gasteiger partial charge in [-0.05, 0) is 32.6 Å². The molecule has 1 aliphatic carbocycles. The van der Waals surface area contributed by atoms with E-state index in [1.54, 1.807) is 24.0 Å². The molecule has 0 bridgehead atoms. The highest BCUT2D eigenvalue weighted by Crippen LogP contribution is 2.43. The minimum absolute atomic E-state index is 0.0366. The Kier molecular flexibility index (Phi) is 7.10. The molecule has 0 amide bonds. The minimum Gasteiger partial charge on any atom is -0.358 e. The van der Waals surface area contributed by atoms with Gasteiger partial charge in [0.15, 0.2) is 27.1 Å². The van der Waals surface area contributed by atoms with Gasteiger partial charge in [0, 0.05) is 24.4 Å². The van der Waals surface area contributed by atoms with Crippen LogP contribution in [0.1, 0.15) is 69.7 Å². The van der Waals surface area contributed by atoms with E-state index in [4.69, 9.17) is 4.98 Å². The highest BCUT2D eigenvalue weighted by Gasteiger charge is 2.30. The summed E-state index contributed by atoms with van der Waals surface area (Å²) in [4.78, 5) is 44.9. The van der Waals surface area contributed by atoms with E-state index in [1.807, 2.05) is 27.7 Å². The summed E-state index contributed by atoms with van der Waals surface area (Å²) in [7, 11) is -3.40. The van der Waals surface area contributed by atoms with Crippen LogP contribution >= 0.6 is 0 Å². The molecule has 0 aliphatic heterocycles. The third-order valence-electron chi connectivity index (χ3n) is 7.09. The topological polar surface area (TPSA) is 158 Å². The molecule has 4 aromatic heterocycles. The van der Waals surface area contributed by atoms with Crippen LogP contribution in [0.3, 0.4) is 0 Å². The van der Waals surface area contributed by atoms with Gasteiger partial charge < -0.3 is 5.32 Å². The number of nitrogens with one attached hydrogen (secondary N) is 1. The molecule has 0 radical (unpaired) electrons. The molecule has 0 saturated heterocycles. The van der Waals surface area contributed by atoms with E-state index < -0.39 is 9.84 Å². The van der Waals surface area contributed by atoms with Crippen LogP contribution in [0.2, 0.25) is 0 Å². The number of aromatic nitrogens is 8. The molecule has 4 heterocycles. The van der Waals surface area contributed by atoms with Crippen LogP contribution in [-0.4, -0.2) is 53.6 Å². The lowest BCUT2D eigenvalue weighted by Crippen LogP contribution is -2.30. The van der Waals surface area contributed by atoms with E-state index in [1.165, 1.54) is 12.4 Å². The van der Waals surface area contributed by atoms with Gasteiger partial charge in [-0.15, -0.1) is 0 Å². The summed E-state index contributed by atoms with van der Waals surface area (Å²) in [5, 5.41) is 3.02. The molecule has 1 fully saturated rings. The van der Waals surface area contributed by atoms with Crippen molar-refractivity contribution < 1.29 is 8.42 Å². The molecule has 12 nitrogen and oxygen atoms in total. The molecule has 204 valence electrons. The summed E-state index contributed by atoms with van der Waals surface area (Å²) in [6.45, 7) is 9.61. The Balaban J connectivity index is 1.55.